The lowest BCUT2D eigenvalue weighted by Crippen LogP contribution is -2.15. The average molecular weight is 243 g/mol. The summed E-state index contributed by atoms with van der Waals surface area (Å²) >= 11 is 0. The van der Waals surface area contributed by atoms with Crippen molar-refractivity contribution in [3.05, 3.63) is 50.9 Å². The molecular formula is C14H17N3O. The van der Waals surface area contributed by atoms with E-state index in [1.165, 1.54) is 5.56 Å². The Balaban J connectivity index is 2.37. The highest BCUT2D eigenvalue weighted by Gasteiger charge is 2.05. The average Bonchev–Trinajstić information content (AvgIpc) is 2.29. The van der Waals surface area contributed by atoms with Gasteiger partial charge in [0, 0.05) is 16.9 Å². The van der Waals surface area contributed by atoms with Crippen molar-refractivity contribution in [2.24, 2.45) is 0 Å². The van der Waals surface area contributed by atoms with E-state index in [0.717, 1.165) is 16.9 Å². The van der Waals surface area contributed by atoms with Crippen LogP contribution in [-0.4, -0.2) is 9.97 Å². The van der Waals surface area contributed by atoms with Gasteiger partial charge in [0.1, 0.15) is 0 Å². The molecule has 0 bridgehead atoms. The van der Waals surface area contributed by atoms with Crippen molar-refractivity contribution in [3.63, 3.8) is 0 Å². The normalized spacial score (nSPS) is 10.4. The molecule has 0 radical (unpaired) electrons. The zero-order valence-electron chi connectivity index (χ0n) is 11.1. The number of H-pyrrole nitrogens is 1. The molecule has 0 aliphatic rings. The summed E-state index contributed by atoms with van der Waals surface area (Å²) < 4.78 is 0. The zero-order valence-corrected chi connectivity index (χ0v) is 11.1. The third-order valence-electron chi connectivity index (χ3n) is 3.03. The van der Waals surface area contributed by atoms with Gasteiger partial charge >= 0.3 is 0 Å². The summed E-state index contributed by atoms with van der Waals surface area (Å²) in [7, 11) is 0. The smallest absolute Gasteiger partial charge is 0.255 e. The highest BCUT2D eigenvalue weighted by atomic mass is 16.1. The van der Waals surface area contributed by atoms with Crippen LogP contribution in [0, 0.1) is 27.7 Å². The van der Waals surface area contributed by atoms with E-state index < -0.39 is 0 Å². The molecule has 94 valence electrons. The van der Waals surface area contributed by atoms with Crippen LogP contribution in [0.3, 0.4) is 0 Å². The zero-order chi connectivity index (χ0) is 13.3. The minimum Gasteiger partial charge on any atom is -0.325 e. The Bertz CT molecular complexity index is 644. The molecule has 0 amide bonds. The number of hydrogen-bond donors (Lipinski definition) is 2. The molecule has 0 saturated heterocycles. The minimum absolute atomic E-state index is 0.102. The molecular weight excluding hydrogens is 226 g/mol. The van der Waals surface area contributed by atoms with Crippen molar-refractivity contribution in [2.45, 2.75) is 27.7 Å². The first-order valence-corrected chi connectivity index (χ1v) is 5.89. The first kappa shape index (κ1) is 12.4. The van der Waals surface area contributed by atoms with E-state index in [1.807, 2.05) is 32.9 Å². The monoisotopic (exact) mass is 243 g/mol. The molecule has 2 aromatic rings. The van der Waals surface area contributed by atoms with Gasteiger partial charge in [-0.15, -0.1) is 0 Å². The first-order valence-electron chi connectivity index (χ1n) is 5.89. The highest BCUT2D eigenvalue weighted by molar-refractivity contribution is 5.58. The van der Waals surface area contributed by atoms with Gasteiger partial charge in [0.2, 0.25) is 5.95 Å². The molecule has 1 aromatic heterocycles. The number of hydrogen-bond acceptors (Lipinski definition) is 3. The van der Waals surface area contributed by atoms with E-state index in [0.29, 0.717) is 11.5 Å². The molecule has 0 saturated carbocycles. The quantitative estimate of drug-likeness (QED) is 0.852. The van der Waals surface area contributed by atoms with Crippen molar-refractivity contribution >= 4 is 11.6 Å². The summed E-state index contributed by atoms with van der Waals surface area (Å²) in [5.74, 6) is 0.482. The second-order valence-corrected chi connectivity index (χ2v) is 4.57. The van der Waals surface area contributed by atoms with Crippen LogP contribution in [0.2, 0.25) is 0 Å². The van der Waals surface area contributed by atoms with Crippen LogP contribution in [0.5, 0.6) is 0 Å². The van der Waals surface area contributed by atoms with Gasteiger partial charge in [0.05, 0.1) is 0 Å². The largest absolute Gasteiger partial charge is 0.325 e. The maximum atomic E-state index is 11.7. The summed E-state index contributed by atoms with van der Waals surface area (Å²) in [6.45, 7) is 7.67. The lowest BCUT2D eigenvalue weighted by molar-refractivity contribution is 1.03. The van der Waals surface area contributed by atoms with Gasteiger partial charge in [-0.05, 0) is 39.3 Å². The van der Waals surface area contributed by atoms with Gasteiger partial charge in [0.25, 0.3) is 5.56 Å². The molecule has 0 atom stereocenters. The maximum absolute atomic E-state index is 11.7. The Morgan fingerprint density at radius 3 is 2.50 bits per heavy atom. The third-order valence-corrected chi connectivity index (χ3v) is 3.03. The lowest BCUT2D eigenvalue weighted by atomic mass is 10.1. The van der Waals surface area contributed by atoms with Gasteiger partial charge in [0.15, 0.2) is 0 Å². The molecule has 4 nitrogen and oxygen atoms in total. The number of benzene rings is 1. The van der Waals surface area contributed by atoms with Crippen molar-refractivity contribution in [1.29, 1.82) is 0 Å². The fraction of sp³-hybridized carbons (Fsp3) is 0.286. The molecule has 1 aromatic carbocycles. The summed E-state index contributed by atoms with van der Waals surface area (Å²) in [6.07, 6.45) is 0. The Hall–Kier alpha value is -2.10. The first-order chi connectivity index (χ1) is 8.47. The standard InChI is InChI=1S/C14H17N3O/c1-8-5-6-12(9(2)7-8)16-14-15-11(4)10(3)13(18)17-14/h5-7H,1-4H3,(H2,15,16,17,18). The van der Waals surface area contributed by atoms with Crippen LogP contribution in [-0.2, 0) is 0 Å². The van der Waals surface area contributed by atoms with Gasteiger partial charge in [-0.1, -0.05) is 17.7 Å². The number of nitrogens with one attached hydrogen (secondary N) is 2. The topological polar surface area (TPSA) is 57.8 Å². The Kier molecular flexibility index (Phi) is 3.19. The van der Waals surface area contributed by atoms with Crippen molar-refractivity contribution in [1.82, 2.24) is 9.97 Å². The number of aromatic nitrogens is 2. The van der Waals surface area contributed by atoms with Gasteiger partial charge in [-0.3, -0.25) is 9.78 Å². The number of anilines is 2. The van der Waals surface area contributed by atoms with Gasteiger partial charge in [-0.25, -0.2) is 4.98 Å². The number of aryl methyl sites for hydroxylation is 3. The summed E-state index contributed by atoms with van der Waals surface area (Å²) in [4.78, 5) is 18.7. The predicted molar refractivity (Wildman–Crippen MR) is 73.5 cm³/mol. The molecule has 2 N–H and O–H groups in total. The second-order valence-electron chi connectivity index (χ2n) is 4.57. The van der Waals surface area contributed by atoms with E-state index in [-0.39, 0.29) is 5.56 Å². The second kappa shape index (κ2) is 4.64. The van der Waals surface area contributed by atoms with Crippen molar-refractivity contribution in [2.75, 3.05) is 5.32 Å². The number of rotatable bonds is 2. The molecule has 1 heterocycles. The molecule has 0 aliphatic carbocycles. The molecule has 0 unspecified atom stereocenters. The molecule has 0 spiro atoms. The summed E-state index contributed by atoms with van der Waals surface area (Å²) in [5.41, 5.74) is 4.57. The van der Waals surface area contributed by atoms with Gasteiger partial charge < -0.3 is 5.32 Å². The van der Waals surface area contributed by atoms with Crippen LogP contribution in [0.25, 0.3) is 0 Å². The van der Waals surface area contributed by atoms with Crippen LogP contribution in [0.1, 0.15) is 22.4 Å². The van der Waals surface area contributed by atoms with E-state index >= 15 is 0 Å². The maximum Gasteiger partial charge on any atom is 0.255 e. The predicted octanol–water partition coefficient (Wildman–Crippen LogP) is 2.75. The van der Waals surface area contributed by atoms with Crippen LogP contribution in [0.15, 0.2) is 23.0 Å². The molecule has 4 heteroatoms. The van der Waals surface area contributed by atoms with Crippen molar-refractivity contribution in [3.8, 4) is 0 Å². The molecule has 0 fully saturated rings. The Morgan fingerprint density at radius 2 is 1.89 bits per heavy atom. The lowest BCUT2D eigenvalue weighted by Gasteiger charge is -2.10. The van der Waals surface area contributed by atoms with Crippen molar-refractivity contribution < 1.29 is 0 Å². The number of nitrogens with zero attached hydrogens (tertiary/aromatic N) is 1. The fourth-order valence-electron chi connectivity index (χ4n) is 1.79. The molecule has 2 rings (SSSR count). The van der Waals surface area contributed by atoms with E-state index in [2.05, 4.69) is 21.4 Å². The SMILES string of the molecule is Cc1ccc(Nc2nc(C)c(C)c(=O)[nH]2)c(C)c1. The number of aromatic amines is 1. The van der Waals surface area contributed by atoms with E-state index in [9.17, 15) is 4.79 Å². The van der Waals surface area contributed by atoms with E-state index in [4.69, 9.17) is 0 Å². The van der Waals surface area contributed by atoms with E-state index in [1.54, 1.807) is 6.92 Å². The Morgan fingerprint density at radius 1 is 1.17 bits per heavy atom. The van der Waals surface area contributed by atoms with Gasteiger partial charge in [-0.2, -0.15) is 0 Å². The van der Waals surface area contributed by atoms with Crippen LogP contribution in [0.4, 0.5) is 11.6 Å². The third kappa shape index (κ3) is 2.42. The summed E-state index contributed by atoms with van der Waals surface area (Å²) in [5, 5.41) is 3.14. The molecule has 0 aliphatic heterocycles. The fourth-order valence-corrected chi connectivity index (χ4v) is 1.79. The molecule has 18 heavy (non-hydrogen) atoms. The van der Waals surface area contributed by atoms with Crippen LogP contribution < -0.4 is 10.9 Å². The Labute approximate surface area is 106 Å². The highest BCUT2D eigenvalue weighted by Crippen LogP contribution is 2.19. The minimum atomic E-state index is -0.102. The summed E-state index contributed by atoms with van der Waals surface area (Å²) in [6, 6.07) is 6.09. The van der Waals surface area contributed by atoms with Crippen LogP contribution >= 0.6 is 0 Å².